The zero-order valence-electron chi connectivity index (χ0n) is 10.2. The van der Waals surface area contributed by atoms with Crippen LogP contribution in [0.2, 0.25) is 0 Å². The van der Waals surface area contributed by atoms with Crippen LogP contribution in [0, 0.1) is 0 Å². The van der Waals surface area contributed by atoms with Crippen LogP contribution in [0.25, 0.3) is 0 Å². The van der Waals surface area contributed by atoms with Crippen LogP contribution in [0.4, 0.5) is 0 Å². The normalized spacial score (nSPS) is 10.4. The first-order valence-corrected chi connectivity index (χ1v) is 7.34. The Bertz CT molecular complexity index is 373. The summed E-state index contributed by atoms with van der Waals surface area (Å²) in [5.74, 6) is 0.0723. The van der Waals surface area contributed by atoms with Gasteiger partial charge in [-0.2, -0.15) is 0 Å². The minimum Gasteiger partial charge on any atom is -0.342 e. The van der Waals surface area contributed by atoms with Crippen LogP contribution in [0.15, 0.2) is 27.1 Å². The first kappa shape index (κ1) is 14.7. The quantitative estimate of drug-likeness (QED) is 0.707. The second-order valence-electron chi connectivity index (χ2n) is 4.09. The number of rotatable bonds is 5. The summed E-state index contributed by atoms with van der Waals surface area (Å²) in [6.45, 7) is 2.98. The number of unbranched alkanes of at least 4 members (excludes halogenated alkanes) is 2. The van der Waals surface area contributed by atoms with Gasteiger partial charge in [-0.3, -0.25) is 4.79 Å². The van der Waals surface area contributed by atoms with Gasteiger partial charge in [-0.25, -0.2) is 0 Å². The molecular formula is C13H17Br2NO. The molecule has 0 saturated heterocycles. The van der Waals surface area contributed by atoms with Gasteiger partial charge in [0.1, 0.15) is 0 Å². The Kier molecular flexibility index (Phi) is 6.20. The maximum atomic E-state index is 12.1. The summed E-state index contributed by atoms with van der Waals surface area (Å²) in [6, 6.07) is 5.63. The van der Waals surface area contributed by atoms with Gasteiger partial charge >= 0.3 is 0 Å². The predicted molar refractivity (Wildman–Crippen MR) is 78.3 cm³/mol. The van der Waals surface area contributed by atoms with Crippen molar-refractivity contribution in [3.05, 3.63) is 32.7 Å². The van der Waals surface area contributed by atoms with E-state index in [2.05, 4.69) is 38.8 Å². The fourth-order valence-electron chi connectivity index (χ4n) is 1.60. The summed E-state index contributed by atoms with van der Waals surface area (Å²) in [6.07, 6.45) is 3.40. The molecule has 0 N–H and O–H groups in total. The second-order valence-corrected chi connectivity index (χ2v) is 5.92. The number of hydrogen-bond donors (Lipinski definition) is 0. The second kappa shape index (κ2) is 7.17. The average Bonchev–Trinajstić information content (AvgIpc) is 2.27. The van der Waals surface area contributed by atoms with Crippen LogP contribution in [-0.2, 0) is 0 Å². The molecule has 0 unspecified atom stereocenters. The number of nitrogens with zero attached hydrogens (tertiary/aromatic N) is 1. The number of carbonyl (C=O) groups excluding carboxylic acids is 1. The molecule has 0 aromatic heterocycles. The van der Waals surface area contributed by atoms with Gasteiger partial charge in [0.2, 0.25) is 0 Å². The highest BCUT2D eigenvalue weighted by Gasteiger charge is 2.12. The molecular weight excluding hydrogens is 346 g/mol. The Labute approximate surface area is 120 Å². The molecule has 0 heterocycles. The van der Waals surface area contributed by atoms with Gasteiger partial charge in [-0.05, 0) is 24.6 Å². The van der Waals surface area contributed by atoms with Crippen molar-refractivity contribution >= 4 is 37.8 Å². The van der Waals surface area contributed by atoms with Crippen molar-refractivity contribution in [1.82, 2.24) is 4.90 Å². The lowest BCUT2D eigenvalue weighted by atomic mass is 10.2. The molecule has 1 rings (SSSR count). The van der Waals surface area contributed by atoms with Crippen LogP contribution in [0.3, 0.4) is 0 Å². The standard InChI is InChI=1S/C13H17Br2NO/c1-3-4-5-6-16(2)13(17)10-7-11(14)9-12(15)8-10/h7-9H,3-6H2,1-2H3. The monoisotopic (exact) mass is 361 g/mol. The van der Waals surface area contributed by atoms with E-state index in [1.54, 1.807) is 4.90 Å². The van der Waals surface area contributed by atoms with Crippen molar-refractivity contribution in [3.8, 4) is 0 Å². The molecule has 0 aliphatic heterocycles. The van der Waals surface area contributed by atoms with Crippen LogP contribution >= 0.6 is 31.9 Å². The summed E-state index contributed by atoms with van der Waals surface area (Å²) in [5.41, 5.74) is 0.713. The highest BCUT2D eigenvalue weighted by atomic mass is 79.9. The fraction of sp³-hybridized carbons (Fsp3) is 0.462. The topological polar surface area (TPSA) is 20.3 Å². The van der Waals surface area contributed by atoms with Gasteiger partial charge in [-0.1, -0.05) is 51.6 Å². The lowest BCUT2D eigenvalue weighted by Crippen LogP contribution is -2.27. The van der Waals surface area contributed by atoms with Crippen molar-refractivity contribution in [2.75, 3.05) is 13.6 Å². The van der Waals surface area contributed by atoms with Crippen molar-refractivity contribution in [3.63, 3.8) is 0 Å². The average molecular weight is 363 g/mol. The number of halogens is 2. The van der Waals surface area contributed by atoms with E-state index in [-0.39, 0.29) is 5.91 Å². The maximum Gasteiger partial charge on any atom is 0.253 e. The first-order valence-electron chi connectivity index (χ1n) is 5.76. The van der Waals surface area contributed by atoms with Crippen LogP contribution < -0.4 is 0 Å². The third-order valence-electron chi connectivity index (χ3n) is 2.55. The van der Waals surface area contributed by atoms with Gasteiger partial charge in [0.05, 0.1) is 0 Å². The molecule has 0 aliphatic carbocycles. The van der Waals surface area contributed by atoms with E-state index >= 15 is 0 Å². The van der Waals surface area contributed by atoms with E-state index in [1.807, 2.05) is 25.2 Å². The SMILES string of the molecule is CCCCCN(C)C(=O)c1cc(Br)cc(Br)c1. The highest BCUT2D eigenvalue weighted by molar-refractivity contribution is 9.11. The Morgan fingerprint density at radius 1 is 1.18 bits per heavy atom. The van der Waals surface area contributed by atoms with Crippen molar-refractivity contribution in [2.45, 2.75) is 26.2 Å². The van der Waals surface area contributed by atoms with Crippen molar-refractivity contribution in [1.29, 1.82) is 0 Å². The van der Waals surface area contributed by atoms with E-state index in [0.717, 1.165) is 21.9 Å². The molecule has 0 fully saturated rings. The Morgan fingerprint density at radius 2 is 1.76 bits per heavy atom. The summed E-state index contributed by atoms with van der Waals surface area (Å²) in [7, 11) is 1.85. The number of benzene rings is 1. The van der Waals surface area contributed by atoms with Gasteiger partial charge in [-0.15, -0.1) is 0 Å². The van der Waals surface area contributed by atoms with Crippen LogP contribution in [-0.4, -0.2) is 24.4 Å². The smallest absolute Gasteiger partial charge is 0.253 e. The molecule has 0 aliphatic rings. The number of carbonyl (C=O) groups is 1. The lowest BCUT2D eigenvalue weighted by Gasteiger charge is -2.17. The minimum atomic E-state index is 0.0723. The molecule has 0 atom stereocenters. The molecule has 1 amide bonds. The summed E-state index contributed by atoms with van der Waals surface area (Å²) in [4.78, 5) is 13.9. The van der Waals surface area contributed by atoms with E-state index in [0.29, 0.717) is 5.56 Å². The summed E-state index contributed by atoms with van der Waals surface area (Å²) >= 11 is 6.79. The number of hydrogen-bond acceptors (Lipinski definition) is 1. The van der Waals surface area contributed by atoms with E-state index in [4.69, 9.17) is 0 Å². The molecule has 0 saturated carbocycles. The molecule has 1 aromatic rings. The van der Waals surface area contributed by atoms with E-state index in [1.165, 1.54) is 12.8 Å². The zero-order chi connectivity index (χ0) is 12.8. The van der Waals surface area contributed by atoms with Crippen molar-refractivity contribution in [2.24, 2.45) is 0 Å². The van der Waals surface area contributed by atoms with Crippen LogP contribution in [0.5, 0.6) is 0 Å². The third-order valence-corrected chi connectivity index (χ3v) is 3.47. The molecule has 0 spiro atoms. The number of amides is 1. The zero-order valence-corrected chi connectivity index (χ0v) is 13.3. The van der Waals surface area contributed by atoms with Gasteiger partial charge in [0.15, 0.2) is 0 Å². The molecule has 4 heteroatoms. The summed E-state index contributed by atoms with van der Waals surface area (Å²) in [5, 5.41) is 0. The molecule has 94 valence electrons. The van der Waals surface area contributed by atoms with E-state index < -0.39 is 0 Å². The molecule has 17 heavy (non-hydrogen) atoms. The highest BCUT2D eigenvalue weighted by Crippen LogP contribution is 2.21. The molecule has 0 radical (unpaired) electrons. The fourth-order valence-corrected chi connectivity index (χ4v) is 2.89. The molecule has 0 bridgehead atoms. The largest absolute Gasteiger partial charge is 0.342 e. The first-order chi connectivity index (χ1) is 8.04. The Balaban J connectivity index is 2.68. The van der Waals surface area contributed by atoms with Gasteiger partial charge < -0.3 is 4.90 Å². The minimum absolute atomic E-state index is 0.0723. The Hall–Kier alpha value is -0.350. The third kappa shape index (κ3) is 4.80. The van der Waals surface area contributed by atoms with Crippen LogP contribution in [0.1, 0.15) is 36.5 Å². The maximum absolute atomic E-state index is 12.1. The molecule has 2 nitrogen and oxygen atoms in total. The van der Waals surface area contributed by atoms with E-state index in [9.17, 15) is 4.79 Å². The van der Waals surface area contributed by atoms with Gasteiger partial charge in [0.25, 0.3) is 5.91 Å². The Morgan fingerprint density at radius 3 is 2.29 bits per heavy atom. The van der Waals surface area contributed by atoms with Crippen molar-refractivity contribution < 1.29 is 4.79 Å². The lowest BCUT2D eigenvalue weighted by molar-refractivity contribution is 0.0792. The van der Waals surface area contributed by atoms with Gasteiger partial charge in [0, 0.05) is 28.1 Å². The molecule has 1 aromatic carbocycles. The predicted octanol–water partition coefficient (Wildman–Crippen LogP) is 4.47. The summed E-state index contributed by atoms with van der Waals surface area (Å²) < 4.78 is 1.83.